The van der Waals surface area contributed by atoms with Gasteiger partial charge in [-0.2, -0.15) is 4.31 Å². The minimum atomic E-state index is -3.80. The van der Waals surface area contributed by atoms with Crippen LogP contribution in [-0.2, 0) is 26.0 Å². The monoisotopic (exact) mass is 425 g/mol. The average molecular weight is 426 g/mol. The van der Waals surface area contributed by atoms with Gasteiger partial charge in [-0.1, -0.05) is 6.92 Å². The van der Waals surface area contributed by atoms with Crippen LogP contribution in [0.3, 0.4) is 0 Å². The first-order valence-electron chi connectivity index (χ1n) is 9.56. The molecule has 28 heavy (non-hydrogen) atoms. The van der Waals surface area contributed by atoms with Gasteiger partial charge in [0.15, 0.2) is 0 Å². The molecule has 0 radical (unpaired) electrons. The lowest BCUT2D eigenvalue weighted by molar-refractivity contribution is -0.124. The third-order valence-electron chi connectivity index (χ3n) is 5.30. The number of benzene rings is 1. The largest absolute Gasteiger partial charge is 0.352 e. The lowest BCUT2D eigenvalue weighted by Gasteiger charge is -2.29. The molecule has 7 nitrogen and oxygen atoms in total. The zero-order valence-electron chi connectivity index (χ0n) is 16.5. The van der Waals surface area contributed by atoms with Crippen molar-refractivity contribution in [2.24, 2.45) is 0 Å². The van der Waals surface area contributed by atoms with Gasteiger partial charge in [0.1, 0.15) is 6.04 Å². The van der Waals surface area contributed by atoms with Gasteiger partial charge in [-0.25, -0.2) is 8.42 Å². The van der Waals surface area contributed by atoms with Crippen molar-refractivity contribution in [1.82, 2.24) is 9.62 Å². The van der Waals surface area contributed by atoms with Crippen molar-refractivity contribution >= 4 is 39.3 Å². The van der Waals surface area contributed by atoms with Crippen molar-refractivity contribution in [1.29, 1.82) is 0 Å². The molecule has 2 heterocycles. The van der Waals surface area contributed by atoms with Crippen molar-refractivity contribution in [3.63, 3.8) is 0 Å². The zero-order valence-corrected chi connectivity index (χ0v) is 18.1. The summed E-state index contributed by atoms with van der Waals surface area (Å²) in [5.41, 5.74) is 1.63. The van der Waals surface area contributed by atoms with Crippen LogP contribution >= 0.6 is 11.8 Å². The summed E-state index contributed by atoms with van der Waals surface area (Å²) >= 11 is 1.44. The topological polar surface area (TPSA) is 86.8 Å². The Hall–Kier alpha value is -1.58. The van der Waals surface area contributed by atoms with E-state index in [1.807, 2.05) is 13.8 Å². The van der Waals surface area contributed by atoms with E-state index in [4.69, 9.17) is 0 Å². The summed E-state index contributed by atoms with van der Waals surface area (Å²) in [6, 6.07) is 4.21. The maximum Gasteiger partial charge on any atom is 0.244 e. The molecule has 2 unspecified atom stereocenters. The van der Waals surface area contributed by atoms with Crippen molar-refractivity contribution in [2.75, 3.05) is 23.1 Å². The SMILES string of the molecule is CCC(C)NC(=O)C1CSCN1S(=O)(=O)c1ccc2c(c1)CCCN2C(C)=O. The molecular weight excluding hydrogens is 398 g/mol. The van der Waals surface area contributed by atoms with Gasteiger partial charge in [0.2, 0.25) is 21.8 Å². The van der Waals surface area contributed by atoms with E-state index < -0.39 is 16.1 Å². The van der Waals surface area contributed by atoms with E-state index in [1.54, 1.807) is 23.1 Å². The number of aryl methyl sites for hydroxylation is 1. The highest BCUT2D eigenvalue weighted by Gasteiger charge is 2.40. The predicted octanol–water partition coefficient (Wildman–Crippen LogP) is 1.96. The van der Waals surface area contributed by atoms with E-state index in [1.165, 1.54) is 23.0 Å². The first kappa shape index (κ1) is 21.1. The Kier molecular flexibility index (Phi) is 6.36. The van der Waals surface area contributed by atoms with Crippen LogP contribution < -0.4 is 10.2 Å². The number of fused-ring (bicyclic) bond motifs is 1. The molecule has 0 aromatic heterocycles. The van der Waals surface area contributed by atoms with E-state index in [9.17, 15) is 18.0 Å². The van der Waals surface area contributed by atoms with Crippen LogP contribution in [0.5, 0.6) is 0 Å². The molecule has 1 N–H and O–H groups in total. The molecule has 0 spiro atoms. The predicted molar refractivity (Wildman–Crippen MR) is 111 cm³/mol. The highest BCUT2D eigenvalue weighted by molar-refractivity contribution is 8.00. The fourth-order valence-electron chi connectivity index (χ4n) is 3.51. The molecule has 1 aromatic rings. The molecule has 1 aromatic carbocycles. The normalized spacial score (nSPS) is 21.2. The second-order valence-corrected chi connectivity index (χ2v) is 10.2. The fourth-order valence-corrected chi connectivity index (χ4v) is 6.71. The summed E-state index contributed by atoms with van der Waals surface area (Å²) in [6.45, 7) is 6.04. The third-order valence-corrected chi connectivity index (χ3v) is 8.33. The lowest BCUT2D eigenvalue weighted by atomic mass is 10.0. The molecule has 2 amide bonds. The van der Waals surface area contributed by atoms with Crippen LogP contribution in [0.25, 0.3) is 0 Å². The summed E-state index contributed by atoms with van der Waals surface area (Å²) in [5, 5.41) is 2.89. The van der Waals surface area contributed by atoms with Gasteiger partial charge in [-0.15, -0.1) is 11.8 Å². The zero-order chi connectivity index (χ0) is 20.5. The molecule has 154 valence electrons. The lowest BCUT2D eigenvalue weighted by Crippen LogP contribution is -2.49. The number of hydrogen-bond donors (Lipinski definition) is 1. The van der Waals surface area contributed by atoms with Crippen LogP contribution in [0.15, 0.2) is 23.1 Å². The molecule has 1 saturated heterocycles. The van der Waals surface area contributed by atoms with Gasteiger partial charge in [0.25, 0.3) is 0 Å². The van der Waals surface area contributed by atoms with Gasteiger partial charge in [-0.3, -0.25) is 9.59 Å². The van der Waals surface area contributed by atoms with Gasteiger partial charge in [0, 0.05) is 31.0 Å². The van der Waals surface area contributed by atoms with E-state index in [0.29, 0.717) is 12.3 Å². The maximum atomic E-state index is 13.3. The molecule has 3 rings (SSSR count). The second-order valence-electron chi connectivity index (χ2n) is 7.29. The highest BCUT2D eigenvalue weighted by Crippen LogP contribution is 2.33. The number of nitrogens with zero attached hydrogens (tertiary/aromatic N) is 2. The Morgan fingerprint density at radius 3 is 2.79 bits per heavy atom. The number of anilines is 1. The average Bonchev–Trinajstić information content (AvgIpc) is 3.17. The van der Waals surface area contributed by atoms with Crippen LogP contribution in [-0.4, -0.2) is 54.8 Å². The molecule has 1 fully saturated rings. The van der Waals surface area contributed by atoms with Crippen LogP contribution in [0.1, 0.15) is 39.2 Å². The Bertz CT molecular complexity index is 872. The smallest absolute Gasteiger partial charge is 0.244 e. The van der Waals surface area contributed by atoms with E-state index >= 15 is 0 Å². The van der Waals surface area contributed by atoms with Crippen molar-refractivity contribution < 1.29 is 18.0 Å². The Balaban J connectivity index is 1.88. The van der Waals surface area contributed by atoms with Gasteiger partial charge in [0.05, 0.1) is 10.8 Å². The summed E-state index contributed by atoms with van der Waals surface area (Å²) in [7, 11) is -3.80. The molecule has 2 aliphatic heterocycles. The molecular formula is C19H27N3O4S2. The van der Waals surface area contributed by atoms with Gasteiger partial charge >= 0.3 is 0 Å². The van der Waals surface area contributed by atoms with E-state index in [-0.39, 0.29) is 28.6 Å². The molecule has 0 bridgehead atoms. The summed E-state index contributed by atoms with van der Waals surface area (Å²) in [4.78, 5) is 26.3. The summed E-state index contributed by atoms with van der Waals surface area (Å²) in [6.07, 6.45) is 2.32. The maximum absolute atomic E-state index is 13.3. The first-order valence-corrected chi connectivity index (χ1v) is 12.2. The minimum absolute atomic E-state index is 0.00367. The third kappa shape index (κ3) is 4.06. The number of thioether (sulfide) groups is 1. The van der Waals surface area contributed by atoms with Crippen molar-refractivity contribution in [2.45, 2.75) is 57.0 Å². The van der Waals surface area contributed by atoms with E-state index in [2.05, 4.69) is 5.32 Å². The van der Waals surface area contributed by atoms with Crippen molar-refractivity contribution in [3.8, 4) is 0 Å². The number of nitrogens with one attached hydrogen (secondary N) is 1. The number of amides is 2. The van der Waals surface area contributed by atoms with Gasteiger partial charge in [-0.05, 0) is 49.9 Å². The quantitative estimate of drug-likeness (QED) is 0.779. The van der Waals surface area contributed by atoms with Crippen LogP contribution in [0, 0.1) is 0 Å². The van der Waals surface area contributed by atoms with E-state index in [0.717, 1.165) is 30.5 Å². The standard InChI is InChI=1S/C19H27N3O4S2/c1-4-13(2)20-19(24)18-11-27-12-22(18)28(25,26)16-7-8-17-15(10-16)6-5-9-21(17)14(3)23/h7-8,10,13,18H,4-6,9,11-12H2,1-3H3,(H,20,24). The Morgan fingerprint density at radius 2 is 2.11 bits per heavy atom. The fraction of sp³-hybridized carbons (Fsp3) is 0.579. The first-order chi connectivity index (χ1) is 13.3. The molecule has 2 atom stereocenters. The van der Waals surface area contributed by atoms with Crippen LogP contribution in [0.4, 0.5) is 5.69 Å². The molecule has 0 aliphatic carbocycles. The van der Waals surface area contributed by atoms with Crippen LogP contribution in [0.2, 0.25) is 0 Å². The number of sulfonamides is 1. The summed E-state index contributed by atoms with van der Waals surface area (Å²) in [5.74, 6) is 0.417. The van der Waals surface area contributed by atoms with Gasteiger partial charge < -0.3 is 10.2 Å². The number of rotatable bonds is 5. The van der Waals surface area contributed by atoms with Crippen molar-refractivity contribution in [3.05, 3.63) is 23.8 Å². The highest BCUT2D eigenvalue weighted by atomic mass is 32.2. The minimum Gasteiger partial charge on any atom is -0.352 e. The molecule has 2 aliphatic rings. The second kappa shape index (κ2) is 8.42. The Morgan fingerprint density at radius 1 is 1.36 bits per heavy atom. The molecule has 0 saturated carbocycles. The molecule has 9 heteroatoms. The number of hydrogen-bond acceptors (Lipinski definition) is 5. The summed E-state index contributed by atoms with van der Waals surface area (Å²) < 4.78 is 27.8. The number of carbonyl (C=O) groups excluding carboxylic acids is 2. The number of carbonyl (C=O) groups is 2. The Labute approximate surface area is 170 Å².